The summed E-state index contributed by atoms with van der Waals surface area (Å²) in [6.07, 6.45) is 1.23. The van der Waals surface area contributed by atoms with E-state index in [1.54, 1.807) is 0 Å². The molecule has 1 aliphatic rings. The van der Waals surface area contributed by atoms with Crippen molar-refractivity contribution in [1.82, 2.24) is 10.2 Å². The Bertz CT molecular complexity index is 208. The van der Waals surface area contributed by atoms with E-state index in [-0.39, 0.29) is 0 Å². The third kappa shape index (κ3) is 4.46. The van der Waals surface area contributed by atoms with Gasteiger partial charge in [0.15, 0.2) is 0 Å². The van der Waals surface area contributed by atoms with Crippen molar-refractivity contribution < 1.29 is 0 Å². The Morgan fingerprint density at radius 2 is 2.06 bits per heavy atom. The average molecular weight is 258 g/mol. The zero-order chi connectivity index (χ0) is 12.8. The lowest BCUT2D eigenvalue weighted by Gasteiger charge is -2.44. The van der Waals surface area contributed by atoms with Crippen LogP contribution in [0, 0.1) is 5.92 Å². The molecule has 0 aromatic rings. The standard InChI is InChI=1S/C14H30N2S/c1-6-7-15-10-14(11(2)3)16-8-9-17-13(5)12(16)4/h11-15H,6-10H2,1-5H3. The van der Waals surface area contributed by atoms with E-state index in [2.05, 4.69) is 56.6 Å². The molecule has 0 spiro atoms. The summed E-state index contributed by atoms with van der Waals surface area (Å²) in [7, 11) is 0. The minimum atomic E-state index is 0.694. The predicted octanol–water partition coefficient (Wildman–Crippen LogP) is 2.84. The van der Waals surface area contributed by atoms with Gasteiger partial charge in [0.1, 0.15) is 0 Å². The van der Waals surface area contributed by atoms with Crippen LogP contribution in [0.2, 0.25) is 0 Å². The van der Waals surface area contributed by atoms with Crippen molar-refractivity contribution in [3.05, 3.63) is 0 Å². The number of nitrogens with zero attached hydrogens (tertiary/aromatic N) is 1. The van der Waals surface area contributed by atoms with Crippen LogP contribution in [0.3, 0.4) is 0 Å². The van der Waals surface area contributed by atoms with Gasteiger partial charge in [0, 0.05) is 36.2 Å². The van der Waals surface area contributed by atoms with Crippen molar-refractivity contribution >= 4 is 11.8 Å². The first-order valence-corrected chi connectivity index (χ1v) is 8.20. The highest BCUT2D eigenvalue weighted by Gasteiger charge is 2.31. The van der Waals surface area contributed by atoms with Gasteiger partial charge in [-0.3, -0.25) is 4.90 Å². The van der Waals surface area contributed by atoms with Crippen LogP contribution in [0.5, 0.6) is 0 Å². The van der Waals surface area contributed by atoms with Gasteiger partial charge in [0.25, 0.3) is 0 Å². The van der Waals surface area contributed by atoms with Crippen LogP contribution in [0.25, 0.3) is 0 Å². The van der Waals surface area contributed by atoms with E-state index < -0.39 is 0 Å². The van der Waals surface area contributed by atoms with Crippen LogP contribution >= 0.6 is 11.8 Å². The zero-order valence-electron chi connectivity index (χ0n) is 12.2. The lowest BCUT2D eigenvalue weighted by atomic mass is 9.99. The molecule has 3 unspecified atom stereocenters. The molecule has 1 fully saturated rings. The largest absolute Gasteiger partial charge is 0.315 e. The molecule has 3 heteroatoms. The van der Waals surface area contributed by atoms with Crippen molar-refractivity contribution in [2.24, 2.45) is 5.92 Å². The Labute approximate surface area is 112 Å². The Morgan fingerprint density at radius 3 is 2.65 bits per heavy atom. The maximum absolute atomic E-state index is 3.60. The van der Waals surface area contributed by atoms with Crippen molar-refractivity contribution in [3.8, 4) is 0 Å². The van der Waals surface area contributed by atoms with Gasteiger partial charge in [-0.2, -0.15) is 11.8 Å². The lowest BCUT2D eigenvalue weighted by molar-refractivity contribution is 0.111. The molecule has 1 heterocycles. The molecule has 102 valence electrons. The first-order chi connectivity index (χ1) is 8.07. The van der Waals surface area contributed by atoms with Crippen molar-refractivity contribution in [3.63, 3.8) is 0 Å². The lowest BCUT2D eigenvalue weighted by Crippen LogP contribution is -2.55. The summed E-state index contributed by atoms with van der Waals surface area (Å²) in [5, 5.41) is 4.37. The minimum Gasteiger partial charge on any atom is -0.315 e. The van der Waals surface area contributed by atoms with Gasteiger partial charge in [-0.25, -0.2) is 0 Å². The van der Waals surface area contributed by atoms with E-state index in [0.29, 0.717) is 12.1 Å². The minimum absolute atomic E-state index is 0.694. The number of hydrogen-bond acceptors (Lipinski definition) is 3. The highest BCUT2D eigenvalue weighted by atomic mass is 32.2. The molecule has 0 amide bonds. The fourth-order valence-corrected chi connectivity index (χ4v) is 3.71. The normalized spacial score (nSPS) is 28.6. The van der Waals surface area contributed by atoms with E-state index in [4.69, 9.17) is 0 Å². The highest BCUT2D eigenvalue weighted by Crippen LogP contribution is 2.27. The maximum Gasteiger partial charge on any atom is 0.0247 e. The monoisotopic (exact) mass is 258 g/mol. The molecule has 0 saturated carbocycles. The molecule has 1 saturated heterocycles. The average Bonchev–Trinajstić information content (AvgIpc) is 2.29. The molecule has 0 aromatic heterocycles. The summed E-state index contributed by atoms with van der Waals surface area (Å²) in [5.74, 6) is 2.03. The van der Waals surface area contributed by atoms with Gasteiger partial charge in [-0.05, 0) is 25.8 Å². The highest BCUT2D eigenvalue weighted by molar-refractivity contribution is 8.00. The molecule has 0 aromatic carbocycles. The maximum atomic E-state index is 3.60. The van der Waals surface area contributed by atoms with E-state index >= 15 is 0 Å². The van der Waals surface area contributed by atoms with Crippen LogP contribution < -0.4 is 5.32 Å². The fraction of sp³-hybridized carbons (Fsp3) is 1.00. The van der Waals surface area contributed by atoms with E-state index in [9.17, 15) is 0 Å². The van der Waals surface area contributed by atoms with Crippen molar-refractivity contribution in [2.45, 2.75) is 58.4 Å². The second-order valence-electron chi connectivity index (χ2n) is 5.57. The summed E-state index contributed by atoms with van der Waals surface area (Å²) < 4.78 is 0. The molecular formula is C14H30N2S. The molecule has 1 N–H and O–H groups in total. The molecule has 0 radical (unpaired) electrons. The molecule has 1 rings (SSSR count). The predicted molar refractivity (Wildman–Crippen MR) is 79.9 cm³/mol. The third-order valence-corrected chi connectivity index (χ3v) is 5.25. The van der Waals surface area contributed by atoms with E-state index in [0.717, 1.165) is 24.3 Å². The molecule has 0 aliphatic carbocycles. The Balaban J connectivity index is 2.55. The SMILES string of the molecule is CCCNCC(C(C)C)N1CCSC(C)C1C. The topological polar surface area (TPSA) is 15.3 Å². The van der Waals surface area contributed by atoms with Crippen molar-refractivity contribution in [2.75, 3.05) is 25.4 Å². The summed E-state index contributed by atoms with van der Waals surface area (Å²) in [6, 6.07) is 1.41. The van der Waals surface area contributed by atoms with Crippen LogP contribution in [0.1, 0.15) is 41.0 Å². The van der Waals surface area contributed by atoms with Gasteiger partial charge in [-0.15, -0.1) is 0 Å². The molecule has 1 aliphatic heterocycles. The first kappa shape index (κ1) is 15.3. The smallest absolute Gasteiger partial charge is 0.0247 e. The number of rotatable bonds is 6. The Morgan fingerprint density at radius 1 is 1.35 bits per heavy atom. The van der Waals surface area contributed by atoms with Gasteiger partial charge >= 0.3 is 0 Å². The second kappa shape index (κ2) is 7.65. The van der Waals surface area contributed by atoms with Crippen LogP contribution in [0.4, 0.5) is 0 Å². The molecule has 0 bridgehead atoms. The van der Waals surface area contributed by atoms with Crippen LogP contribution in [-0.2, 0) is 0 Å². The summed E-state index contributed by atoms with van der Waals surface area (Å²) in [4.78, 5) is 2.73. The Kier molecular flexibility index (Phi) is 6.90. The van der Waals surface area contributed by atoms with Crippen molar-refractivity contribution in [1.29, 1.82) is 0 Å². The molecule has 3 atom stereocenters. The quantitative estimate of drug-likeness (QED) is 0.738. The number of nitrogens with one attached hydrogen (secondary N) is 1. The van der Waals surface area contributed by atoms with Gasteiger partial charge in [0.05, 0.1) is 0 Å². The van der Waals surface area contributed by atoms with Crippen LogP contribution in [0.15, 0.2) is 0 Å². The molecule has 2 nitrogen and oxygen atoms in total. The third-order valence-electron chi connectivity index (χ3n) is 3.91. The fourth-order valence-electron chi connectivity index (χ4n) is 2.59. The summed E-state index contributed by atoms with van der Waals surface area (Å²) in [5.41, 5.74) is 0. The zero-order valence-corrected chi connectivity index (χ0v) is 13.0. The van der Waals surface area contributed by atoms with Gasteiger partial charge in [-0.1, -0.05) is 27.7 Å². The van der Waals surface area contributed by atoms with Crippen LogP contribution in [-0.4, -0.2) is 47.6 Å². The van der Waals surface area contributed by atoms with Gasteiger partial charge < -0.3 is 5.32 Å². The Hall–Kier alpha value is 0.270. The van der Waals surface area contributed by atoms with E-state index in [1.807, 2.05) is 0 Å². The number of thioether (sulfide) groups is 1. The first-order valence-electron chi connectivity index (χ1n) is 7.16. The molecule has 17 heavy (non-hydrogen) atoms. The van der Waals surface area contributed by atoms with E-state index in [1.165, 1.54) is 18.7 Å². The number of hydrogen-bond donors (Lipinski definition) is 1. The molecular weight excluding hydrogens is 228 g/mol. The summed E-state index contributed by atoms with van der Waals surface area (Å²) >= 11 is 2.13. The second-order valence-corrected chi connectivity index (χ2v) is 7.05. The van der Waals surface area contributed by atoms with Gasteiger partial charge in [0.2, 0.25) is 0 Å². The summed E-state index contributed by atoms with van der Waals surface area (Å²) in [6.45, 7) is 15.3.